The lowest BCUT2D eigenvalue weighted by Crippen LogP contribution is -2.45. The molecule has 1 amide bonds. The molecular weight excluding hydrogens is 368 g/mol. The highest BCUT2D eigenvalue weighted by Crippen LogP contribution is 2.26. The summed E-state index contributed by atoms with van der Waals surface area (Å²) in [6, 6.07) is 5.21. The maximum atomic E-state index is 12.8. The van der Waals surface area contributed by atoms with Gasteiger partial charge in [0.05, 0.1) is 10.5 Å². The summed E-state index contributed by atoms with van der Waals surface area (Å²) in [5, 5.41) is 8.93. The molecule has 146 valence electrons. The van der Waals surface area contributed by atoms with Crippen molar-refractivity contribution in [1.29, 1.82) is 0 Å². The van der Waals surface area contributed by atoms with Gasteiger partial charge in [-0.1, -0.05) is 11.6 Å². The van der Waals surface area contributed by atoms with E-state index >= 15 is 0 Å². The number of rotatable bonds is 4. The predicted molar refractivity (Wildman–Crippen MR) is 99.8 cm³/mol. The van der Waals surface area contributed by atoms with Crippen LogP contribution in [0.2, 0.25) is 0 Å². The second-order valence-corrected chi connectivity index (χ2v) is 9.03. The number of sulfonamides is 1. The summed E-state index contributed by atoms with van der Waals surface area (Å²) in [5.74, 6) is -1.12. The fraction of sp³-hybridized carbons (Fsp3) is 0.474. The van der Waals surface area contributed by atoms with Crippen molar-refractivity contribution >= 4 is 21.9 Å². The molecule has 2 aliphatic heterocycles. The lowest BCUT2D eigenvalue weighted by Gasteiger charge is -2.34. The van der Waals surface area contributed by atoms with E-state index in [2.05, 4.69) is 13.0 Å². The Kier molecular flexibility index (Phi) is 5.67. The third kappa shape index (κ3) is 4.22. The molecular formula is C19H24N2O5S. The van der Waals surface area contributed by atoms with Gasteiger partial charge in [0.15, 0.2) is 0 Å². The number of amides is 1. The van der Waals surface area contributed by atoms with Crippen LogP contribution in [0, 0.1) is 5.92 Å². The van der Waals surface area contributed by atoms with E-state index in [4.69, 9.17) is 5.11 Å². The molecule has 0 radical (unpaired) electrons. The van der Waals surface area contributed by atoms with Crippen LogP contribution in [0.5, 0.6) is 0 Å². The van der Waals surface area contributed by atoms with E-state index in [0.29, 0.717) is 32.5 Å². The summed E-state index contributed by atoms with van der Waals surface area (Å²) in [5.41, 5.74) is 1.35. The molecule has 0 unspecified atom stereocenters. The Balaban J connectivity index is 1.62. The molecule has 0 saturated carbocycles. The van der Waals surface area contributed by atoms with Gasteiger partial charge in [-0.05, 0) is 50.5 Å². The van der Waals surface area contributed by atoms with Crippen molar-refractivity contribution in [3.63, 3.8) is 0 Å². The molecule has 1 aromatic carbocycles. The Bertz CT molecular complexity index is 853. The quantitative estimate of drug-likeness (QED) is 0.791. The Morgan fingerprint density at radius 1 is 1.07 bits per heavy atom. The van der Waals surface area contributed by atoms with Gasteiger partial charge in [-0.3, -0.25) is 4.79 Å². The zero-order valence-electron chi connectivity index (χ0n) is 15.3. The molecule has 7 nitrogen and oxygen atoms in total. The van der Waals surface area contributed by atoms with E-state index in [9.17, 15) is 18.0 Å². The molecule has 0 aromatic heterocycles. The summed E-state index contributed by atoms with van der Waals surface area (Å²) < 4.78 is 26.9. The standard InChI is InChI=1S/C19H24N2O5S/c1-14-6-10-20(11-7-14)18(22)15-8-12-21(13-9-15)27(25,26)17-4-2-16(3-5-17)19(23)24/h2-6,15H,7-13H2,1H3,(H,23,24). The number of carboxylic acids is 1. The monoisotopic (exact) mass is 392 g/mol. The number of aromatic carboxylic acids is 1. The first-order valence-electron chi connectivity index (χ1n) is 9.07. The van der Waals surface area contributed by atoms with Crippen molar-refractivity contribution in [3.8, 4) is 0 Å². The first-order chi connectivity index (χ1) is 12.8. The van der Waals surface area contributed by atoms with Crippen molar-refractivity contribution in [2.24, 2.45) is 5.92 Å². The number of carbonyl (C=O) groups excluding carboxylic acids is 1. The van der Waals surface area contributed by atoms with Crippen molar-refractivity contribution in [2.75, 3.05) is 26.2 Å². The van der Waals surface area contributed by atoms with Gasteiger partial charge in [-0.15, -0.1) is 0 Å². The van der Waals surface area contributed by atoms with Crippen LogP contribution in [0.1, 0.15) is 36.5 Å². The summed E-state index contributed by atoms with van der Waals surface area (Å²) in [6.45, 7) is 4.02. The van der Waals surface area contributed by atoms with E-state index in [-0.39, 0.29) is 22.3 Å². The van der Waals surface area contributed by atoms with Gasteiger partial charge in [0.25, 0.3) is 0 Å². The minimum Gasteiger partial charge on any atom is -0.478 e. The SMILES string of the molecule is CC1=CCN(C(=O)C2CCN(S(=O)(=O)c3ccc(C(=O)O)cc3)CC2)CC1. The highest BCUT2D eigenvalue weighted by atomic mass is 32.2. The lowest BCUT2D eigenvalue weighted by molar-refractivity contribution is -0.136. The van der Waals surface area contributed by atoms with Crippen molar-refractivity contribution in [1.82, 2.24) is 9.21 Å². The van der Waals surface area contributed by atoms with Gasteiger partial charge >= 0.3 is 5.97 Å². The number of hydrogen-bond acceptors (Lipinski definition) is 4. The number of carbonyl (C=O) groups is 2. The van der Waals surface area contributed by atoms with E-state index < -0.39 is 16.0 Å². The Morgan fingerprint density at radius 2 is 1.70 bits per heavy atom. The van der Waals surface area contributed by atoms with E-state index in [0.717, 1.165) is 13.0 Å². The largest absolute Gasteiger partial charge is 0.478 e. The summed E-state index contributed by atoms with van der Waals surface area (Å²) >= 11 is 0. The van der Waals surface area contributed by atoms with Crippen LogP contribution in [-0.2, 0) is 14.8 Å². The molecule has 8 heteroatoms. The Hall–Kier alpha value is -2.19. The number of benzene rings is 1. The topological polar surface area (TPSA) is 95.0 Å². The maximum Gasteiger partial charge on any atom is 0.335 e. The van der Waals surface area contributed by atoms with Crippen molar-refractivity contribution in [3.05, 3.63) is 41.5 Å². The minimum absolute atomic E-state index is 0.0454. The van der Waals surface area contributed by atoms with Crippen LogP contribution in [0.4, 0.5) is 0 Å². The fourth-order valence-electron chi connectivity index (χ4n) is 3.49. The summed E-state index contributed by atoms with van der Waals surface area (Å²) in [4.78, 5) is 25.5. The van der Waals surface area contributed by atoms with Crippen molar-refractivity contribution in [2.45, 2.75) is 31.1 Å². The second kappa shape index (κ2) is 7.82. The highest BCUT2D eigenvalue weighted by Gasteiger charge is 2.34. The average Bonchev–Trinajstić information content (AvgIpc) is 2.68. The van der Waals surface area contributed by atoms with Crippen LogP contribution in [0.3, 0.4) is 0 Å². The molecule has 2 aliphatic rings. The molecule has 27 heavy (non-hydrogen) atoms. The van der Waals surface area contributed by atoms with E-state index in [1.807, 2.05) is 4.90 Å². The molecule has 1 fully saturated rings. The van der Waals surface area contributed by atoms with Crippen LogP contribution in [0.15, 0.2) is 40.8 Å². The van der Waals surface area contributed by atoms with Gasteiger partial charge in [0.2, 0.25) is 15.9 Å². The first-order valence-corrected chi connectivity index (χ1v) is 10.5. The molecule has 0 atom stereocenters. The van der Waals surface area contributed by atoms with Gasteiger partial charge in [-0.2, -0.15) is 4.31 Å². The number of hydrogen-bond donors (Lipinski definition) is 1. The number of piperidine rings is 1. The summed E-state index contributed by atoms with van der Waals surface area (Å²) in [7, 11) is -3.68. The van der Waals surface area contributed by atoms with Crippen LogP contribution < -0.4 is 0 Å². The van der Waals surface area contributed by atoms with Crippen molar-refractivity contribution < 1.29 is 23.1 Å². The minimum atomic E-state index is -3.68. The maximum absolute atomic E-state index is 12.8. The molecule has 3 rings (SSSR count). The Labute approximate surface area is 159 Å². The van der Waals surface area contributed by atoms with Gasteiger partial charge < -0.3 is 10.0 Å². The average molecular weight is 392 g/mol. The van der Waals surface area contributed by atoms with E-state index in [1.165, 1.54) is 34.1 Å². The first kappa shape index (κ1) is 19.6. The molecule has 1 aromatic rings. The van der Waals surface area contributed by atoms with Gasteiger partial charge in [0, 0.05) is 32.1 Å². The van der Waals surface area contributed by atoms with Gasteiger partial charge in [0.1, 0.15) is 0 Å². The zero-order valence-corrected chi connectivity index (χ0v) is 16.1. The van der Waals surface area contributed by atoms with Crippen LogP contribution in [0.25, 0.3) is 0 Å². The second-order valence-electron chi connectivity index (χ2n) is 7.09. The highest BCUT2D eigenvalue weighted by molar-refractivity contribution is 7.89. The third-order valence-corrected chi connectivity index (χ3v) is 7.20. The van der Waals surface area contributed by atoms with Crippen LogP contribution >= 0.6 is 0 Å². The lowest BCUT2D eigenvalue weighted by atomic mass is 9.95. The molecule has 0 bridgehead atoms. The number of nitrogens with zero attached hydrogens (tertiary/aromatic N) is 2. The zero-order chi connectivity index (χ0) is 19.6. The molecule has 2 heterocycles. The molecule has 1 N–H and O–H groups in total. The molecule has 0 aliphatic carbocycles. The number of carboxylic acid groups (broad SMARTS) is 1. The smallest absolute Gasteiger partial charge is 0.335 e. The predicted octanol–water partition coefficient (Wildman–Crippen LogP) is 1.96. The van der Waals surface area contributed by atoms with Gasteiger partial charge in [-0.25, -0.2) is 13.2 Å². The molecule has 0 spiro atoms. The van der Waals surface area contributed by atoms with E-state index in [1.54, 1.807) is 0 Å². The summed E-state index contributed by atoms with van der Waals surface area (Å²) in [6.07, 6.45) is 3.97. The Morgan fingerprint density at radius 3 is 2.22 bits per heavy atom. The fourth-order valence-corrected chi connectivity index (χ4v) is 4.96. The van der Waals surface area contributed by atoms with Crippen LogP contribution in [-0.4, -0.2) is 60.8 Å². The third-order valence-electron chi connectivity index (χ3n) is 5.29. The molecule has 1 saturated heterocycles. The normalized spacial score (nSPS) is 19.6.